The lowest BCUT2D eigenvalue weighted by Crippen LogP contribution is -2.28. The van der Waals surface area contributed by atoms with Crippen molar-refractivity contribution in [2.75, 3.05) is 0 Å². The zero-order valence-electron chi connectivity index (χ0n) is 11.7. The maximum absolute atomic E-state index is 11.3. The summed E-state index contributed by atoms with van der Waals surface area (Å²) in [5.74, 6) is 0. The van der Waals surface area contributed by atoms with E-state index in [9.17, 15) is 8.42 Å². The van der Waals surface area contributed by atoms with Crippen molar-refractivity contribution in [2.45, 2.75) is 57.0 Å². The predicted molar refractivity (Wildman–Crippen MR) is 78.3 cm³/mol. The molecular formula is C14H24N2O2S. The molecule has 0 spiro atoms. The van der Waals surface area contributed by atoms with Gasteiger partial charge in [0.25, 0.3) is 0 Å². The van der Waals surface area contributed by atoms with Crippen LogP contribution in [0.25, 0.3) is 0 Å². The highest BCUT2D eigenvalue weighted by Crippen LogP contribution is 2.11. The molecule has 108 valence electrons. The lowest BCUT2D eigenvalue weighted by Gasteiger charge is -2.17. The van der Waals surface area contributed by atoms with E-state index < -0.39 is 10.0 Å². The van der Waals surface area contributed by atoms with Gasteiger partial charge < -0.3 is 5.32 Å². The Balaban J connectivity index is 2.66. The van der Waals surface area contributed by atoms with Crippen LogP contribution in [0, 0.1) is 0 Å². The minimum atomic E-state index is -3.61. The van der Waals surface area contributed by atoms with Crippen molar-refractivity contribution in [3.8, 4) is 0 Å². The molecule has 0 atom stereocenters. The van der Waals surface area contributed by atoms with Gasteiger partial charge in [0.2, 0.25) is 10.0 Å². The Morgan fingerprint density at radius 3 is 2.37 bits per heavy atom. The number of nitrogens with two attached hydrogens (primary N) is 1. The second kappa shape index (κ2) is 7.62. The summed E-state index contributed by atoms with van der Waals surface area (Å²) in [4.78, 5) is 0.175. The van der Waals surface area contributed by atoms with E-state index in [1.165, 1.54) is 6.07 Å². The maximum Gasteiger partial charge on any atom is 0.238 e. The predicted octanol–water partition coefficient (Wildman–Crippen LogP) is 2.39. The molecule has 0 aliphatic carbocycles. The molecule has 1 rings (SSSR count). The number of primary sulfonamides is 1. The van der Waals surface area contributed by atoms with E-state index in [-0.39, 0.29) is 4.90 Å². The van der Waals surface area contributed by atoms with Gasteiger partial charge in [-0.1, -0.05) is 38.8 Å². The van der Waals surface area contributed by atoms with Crippen LogP contribution in [0.4, 0.5) is 0 Å². The van der Waals surface area contributed by atoms with Crippen LogP contribution < -0.4 is 10.5 Å². The third-order valence-electron chi connectivity index (χ3n) is 3.10. The summed E-state index contributed by atoms with van der Waals surface area (Å²) < 4.78 is 22.6. The average Bonchev–Trinajstić information content (AvgIpc) is 2.36. The third-order valence-corrected chi connectivity index (χ3v) is 4.01. The highest BCUT2D eigenvalue weighted by molar-refractivity contribution is 7.89. The first-order valence-electron chi connectivity index (χ1n) is 6.82. The molecular weight excluding hydrogens is 260 g/mol. The lowest BCUT2D eigenvalue weighted by molar-refractivity contribution is 0.443. The van der Waals surface area contributed by atoms with Crippen molar-refractivity contribution < 1.29 is 8.42 Å². The average molecular weight is 284 g/mol. The molecule has 0 aliphatic rings. The van der Waals surface area contributed by atoms with Crippen LogP contribution in [0.3, 0.4) is 0 Å². The molecule has 0 saturated heterocycles. The van der Waals surface area contributed by atoms with Crippen LogP contribution >= 0.6 is 0 Å². The standard InChI is InChI=1S/C14H24N2O2S/c1-3-6-13(7-4-2)16-11-12-8-5-9-14(10-12)19(15,17)18/h5,8-10,13,16H,3-4,6-7,11H2,1-2H3,(H2,15,17,18). The summed E-state index contributed by atoms with van der Waals surface area (Å²) in [6.07, 6.45) is 4.58. The Bertz CT molecular complexity index is 480. The molecule has 0 aromatic heterocycles. The monoisotopic (exact) mass is 284 g/mol. The maximum atomic E-state index is 11.3. The molecule has 19 heavy (non-hydrogen) atoms. The second-order valence-electron chi connectivity index (χ2n) is 4.85. The van der Waals surface area contributed by atoms with Crippen molar-refractivity contribution in [1.82, 2.24) is 5.32 Å². The fraction of sp³-hybridized carbons (Fsp3) is 0.571. The molecule has 5 heteroatoms. The fourth-order valence-electron chi connectivity index (χ4n) is 2.14. The van der Waals surface area contributed by atoms with E-state index in [1.54, 1.807) is 12.1 Å². The number of benzene rings is 1. The minimum Gasteiger partial charge on any atom is -0.310 e. The van der Waals surface area contributed by atoms with Gasteiger partial charge in [-0.15, -0.1) is 0 Å². The van der Waals surface area contributed by atoms with Gasteiger partial charge >= 0.3 is 0 Å². The van der Waals surface area contributed by atoms with Crippen molar-refractivity contribution in [1.29, 1.82) is 0 Å². The lowest BCUT2D eigenvalue weighted by atomic mass is 10.1. The summed E-state index contributed by atoms with van der Waals surface area (Å²) in [6, 6.07) is 7.29. The van der Waals surface area contributed by atoms with Crippen LogP contribution in [-0.2, 0) is 16.6 Å². The SMILES string of the molecule is CCCC(CCC)NCc1cccc(S(N)(=O)=O)c1. The Hall–Kier alpha value is -0.910. The molecule has 0 aliphatic heterocycles. The van der Waals surface area contributed by atoms with Crippen molar-refractivity contribution >= 4 is 10.0 Å². The first-order chi connectivity index (χ1) is 8.97. The van der Waals surface area contributed by atoms with E-state index in [0.29, 0.717) is 12.6 Å². The van der Waals surface area contributed by atoms with Gasteiger partial charge in [0, 0.05) is 12.6 Å². The number of hydrogen-bond acceptors (Lipinski definition) is 3. The number of rotatable bonds is 8. The normalized spacial score (nSPS) is 12.0. The summed E-state index contributed by atoms with van der Waals surface area (Å²) in [5.41, 5.74) is 0.948. The Kier molecular flexibility index (Phi) is 6.48. The van der Waals surface area contributed by atoms with Crippen molar-refractivity contribution in [2.24, 2.45) is 5.14 Å². The van der Waals surface area contributed by atoms with Crippen LogP contribution in [0.15, 0.2) is 29.2 Å². The van der Waals surface area contributed by atoms with Crippen LogP contribution in [0.5, 0.6) is 0 Å². The van der Waals surface area contributed by atoms with E-state index >= 15 is 0 Å². The quantitative estimate of drug-likeness (QED) is 0.770. The molecule has 3 N–H and O–H groups in total. The number of hydrogen-bond donors (Lipinski definition) is 2. The van der Waals surface area contributed by atoms with Crippen molar-refractivity contribution in [3.63, 3.8) is 0 Å². The smallest absolute Gasteiger partial charge is 0.238 e. The Morgan fingerprint density at radius 2 is 1.84 bits per heavy atom. The molecule has 4 nitrogen and oxygen atoms in total. The fourth-order valence-corrected chi connectivity index (χ4v) is 2.72. The van der Waals surface area contributed by atoms with Crippen molar-refractivity contribution in [3.05, 3.63) is 29.8 Å². The van der Waals surface area contributed by atoms with Gasteiger partial charge in [-0.25, -0.2) is 13.6 Å². The third kappa shape index (κ3) is 5.72. The molecule has 0 saturated carbocycles. The summed E-state index contributed by atoms with van der Waals surface area (Å²) >= 11 is 0. The van der Waals surface area contributed by atoms with Crippen LogP contribution in [-0.4, -0.2) is 14.5 Å². The Morgan fingerprint density at radius 1 is 1.21 bits per heavy atom. The van der Waals surface area contributed by atoms with Crippen LogP contribution in [0.1, 0.15) is 45.1 Å². The number of nitrogens with one attached hydrogen (secondary N) is 1. The summed E-state index contributed by atoms with van der Waals surface area (Å²) in [6.45, 7) is 5.02. The molecule has 0 bridgehead atoms. The summed E-state index contributed by atoms with van der Waals surface area (Å²) in [7, 11) is -3.61. The first-order valence-corrected chi connectivity index (χ1v) is 8.37. The van der Waals surface area contributed by atoms with Gasteiger partial charge in [0.1, 0.15) is 0 Å². The number of sulfonamides is 1. The molecule has 1 aromatic carbocycles. The van der Waals surface area contributed by atoms with Gasteiger partial charge in [-0.2, -0.15) is 0 Å². The van der Waals surface area contributed by atoms with E-state index in [1.807, 2.05) is 6.07 Å². The molecule has 0 unspecified atom stereocenters. The highest BCUT2D eigenvalue weighted by Gasteiger charge is 2.09. The molecule has 1 aromatic rings. The topological polar surface area (TPSA) is 72.2 Å². The van der Waals surface area contributed by atoms with E-state index in [4.69, 9.17) is 5.14 Å². The molecule has 0 heterocycles. The van der Waals surface area contributed by atoms with Crippen LogP contribution in [0.2, 0.25) is 0 Å². The minimum absolute atomic E-state index is 0.175. The molecule has 0 amide bonds. The largest absolute Gasteiger partial charge is 0.310 e. The summed E-state index contributed by atoms with van der Waals surface area (Å²) in [5, 5.41) is 8.61. The van der Waals surface area contributed by atoms with Gasteiger partial charge in [0.05, 0.1) is 4.90 Å². The van der Waals surface area contributed by atoms with Gasteiger partial charge in [-0.3, -0.25) is 0 Å². The zero-order chi connectivity index (χ0) is 14.3. The van der Waals surface area contributed by atoms with E-state index in [0.717, 1.165) is 31.2 Å². The molecule has 0 radical (unpaired) electrons. The molecule has 0 fully saturated rings. The van der Waals surface area contributed by atoms with Gasteiger partial charge in [-0.05, 0) is 30.5 Å². The highest BCUT2D eigenvalue weighted by atomic mass is 32.2. The zero-order valence-corrected chi connectivity index (χ0v) is 12.5. The van der Waals surface area contributed by atoms with E-state index in [2.05, 4.69) is 19.2 Å². The first kappa shape index (κ1) is 16.1. The van der Waals surface area contributed by atoms with Gasteiger partial charge in [0.15, 0.2) is 0 Å². The second-order valence-corrected chi connectivity index (χ2v) is 6.41. The Labute approximate surface area is 116 Å².